The number of carbonyl (C=O) groups excluding carboxylic acids is 1. The zero-order valence-corrected chi connectivity index (χ0v) is 15.1. The summed E-state index contributed by atoms with van der Waals surface area (Å²) in [6.07, 6.45) is 1.18. The van der Waals surface area contributed by atoms with E-state index in [1.165, 1.54) is 6.20 Å². The first-order valence-corrected chi connectivity index (χ1v) is 9.56. The van der Waals surface area contributed by atoms with Gasteiger partial charge in [0, 0.05) is 12.0 Å². The lowest BCUT2D eigenvalue weighted by atomic mass is 9.88. The van der Waals surface area contributed by atoms with Crippen LogP contribution in [0.5, 0.6) is 5.88 Å². The first-order chi connectivity index (χ1) is 12.1. The normalized spacial score (nSPS) is 18.5. The van der Waals surface area contributed by atoms with Gasteiger partial charge < -0.3 is 13.7 Å². The van der Waals surface area contributed by atoms with Crippen molar-refractivity contribution in [1.29, 1.82) is 0 Å². The molecule has 1 aromatic heterocycles. The number of nitrogens with zero attached hydrogens (tertiary/aromatic N) is 2. The summed E-state index contributed by atoms with van der Waals surface area (Å²) in [6, 6.07) is 0. The largest absolute Gasteiger partial charge is 0.534 e. The molecule has 0 N–H and O–H groups in total. The van der Waals surface area contributed by atoms with Crippen molar-refractivity contribution in [3.63, 3.8) is 0 Å². The van der Waals surface area contributed by atoms with E-state index in [1.54, 1.807) is 6.92 Å². The Morgan fingerprint density at radius 2 is 2.15 bits per heavy atom. The Labute approximate surface area is 151 Å². The zero-order chi connectivity index (χ0) is 19.4. The minimum absolute atomic E-state index is 0.0426. The number of ether oxygens (including phenoxy) is 2. The third-order valence-electron chi connectivity index (χ3n) is 3.46. The molecule has 0 saturated heterocycles. The van der Waals surface area contributed by atoms with Gasteiger partial charge in [0.25, 0.3) is 0 Å². The minimum atomic E-state index is -5.81. The quantitative estimate of drug-likeness (QED) is 0.379. The van der Waals surface area contributed by atoms with Gasteiger partial charge in [-0.05, 0) is 19.8 Å². The molecule has 0 saturated carbocycles. The molecule has 8 nitrogen and oxygen atoms in total. The van der Waals surface area contributed by atoms with Crippen LogP contribution in [0.1, 0.15) is 26.2 Å². The van der Waals surface area contributed by atoms with Gasteiger partial charge in [0.05, 0.1) is 24.3 Å². The molecule has 26 heavy (non-hydrogen) atoms. The SMILES string of the molecule is CCOC(=O)C1CCC(OS(=O)(=O)C(F)(F)F)=C(COc2cnsn2)C1. The predicted octanol–water partition coefficient (Wildman–Crippen LogP) is 2.40. The summed E-state index contributed by atoms with van der Waals surface area (Å²) in [5.74, 6) is -1.40. The highest BCUT2D eigenvalue weighted by Gasteiger charge is 2.49. The third kappa shape index (κ3) is 5.06. The average Bonchev–Trinajstić information content (AvgIpc) is 3.06. The predicted molar refractivity (Wildman–Crippen MR) is 82.5 cm³/mol. The van der Waals surface area contributed by atoms with Crippen LogP contribution in [-0.4, -0.2) is 41.9 Å². The number of aromatic nitrogens is 2. The Bertz CT molecular complexity index is 761. The van der Waals surface area contributed by atoms with Crippen LogP contribution in [0, 0.1) is 5.92 Å². The molecule has 1 heterocycles. The number of hydrogen-bond acceptors (Lipinski definition) is 9. The van der Waals surface area contributed by atoms with E-state index in [2.05, 4.69) is 12.9 Å². The van der Waals surface area contributed by atoms with E-state index in [1.807, 2.05) is 0 Å². The molecular weight excluding hydrogens is 401 g/mol. The maximum Gasteiger partial charge on any atom is 0.534 e. The number of halogens is 3. The third-order valence-corrected chi connectivity index (χ3v) is 4.90. The summed E-state index contributed by atoms with van der Waals surface area (Å²) >= 11 is 0.861. The van der Waals surface area contributed by atoms with Gasteiger partial charge in [-0.2, -0.15) is 26.0 Å². The van der Waals surface area contributed by atoms with Crippen molar-refractivity contribution < 1.29 is 40.0 Å². The van der Waals surface area contributed by atoms with Gasteiger partial charge >= 0.3 is 21.6 Å². The summed E-state index contributed by atoms with van der Waals surface area (Å²) in [4.78, 5) is 11.9. The number of esters is 1. The van der Waals surface area contributed by atoms with E-state index in [0.717, 1.165) is 11.7 Å². The van der Waals surface area contributed by atoms with Crippen molar-refractivity contribution in [2.45, 2.75) is 31.7 Å². The van der Waals surface area contributed by atoms with E-state index in [4.69, 9.17) is 9.47 Å². The lowest BCUT2D eigenvalue weighted by Crippen LogP contribution is -2.29. The van der Waals surface area contributed by atoms with Gasteiger partial charge in [-0.1, -0.05) is 0 Å². The molecule has 0 amide bonds. The molecule has 0 aliphatic heterocycles. The van der Waals surface area contributed by atoms with Crippen molar-refractivity contribution in [3.8, 4) is 5.88 Å². The smallest absolute Gasteiger partial charge is 0.471 e. The molecule has 2 rings (SSSR count). The molecule has 146 valence electrons. The van der Waals surface area contributed by atoms with Gasteiger partial charge in [-0.25, -0.2) is 0 Å². The van der Waals surface area contributed by atoms with Crippen LogP contribution < -0.4 is 4.74 Å². The molecule has 1 aromatic rings. The molecule has 1 unspecified atom stereocenters. The molecule has 0 aromatic carbocycles. The van der Waals surface area contributed by atoms with E-state index in [9.17, 15) is 26.4 Å². The van der Waals surface area contributed by atoms with Crippen LogP contribution in [-0.2, 0) is 23.8 Å². The van der Waals surface area contributed by atoms with Crippen LogP contribution in [0.15, 0.2) is 17.5 Å². The van der Waals surface area contributed by atoms with E-state index in [-0.39, 0.29) is 49.7 Å². The highest BCUT2D eigenvalue weighted by Crippen LogP contribution is 2.35. The van der Waals surface area contributed by atoms with Crippen molar-refractivity contribution in [1.82, 2.24) is 8.75 Å². The lowest BCUT2D eigenvalue weighted by Gasteiger charge is -2.25. The molecule has 0 spiro atoms. The summed E-state index contributed by atoms with van der Waals surface area (Å²) in [7, 11) is -5.81. The highest BCUT2D eigenvalue weighted by atomic mass is 32.2. The van der Waals surface area contributed by atoms with E-state index < -0.39 is 27.5 Å². The maximum absolute atomic E-state index is 12.6. The molecule has 1 aliphatic carbocycles. The molecule has 0 bridgehead atoms. The molecule has 1 aliphatic rings. The van der Waals surface area contributed by atoms with Gasteiger partial charge in [0.15, 0.2) is 0 Å². The van der Waals surface area contributed by atoms with Gasteiger partial charge in [0.2, 0.25) is 5.88 Å². The lowest BCUT2D eigenvalue weighted by molar-refractivity contribution is -0.148. The topological polar surface area (TPSA) is 105 Å². The standard InChI is InChI=1S/C13H15F3N2O6S2/c1-2-22-12(19)8-3-4-10(24-26(20,21)13(14,15)16)9(5-8)7-23-11-6-17-25-18-11/h6,8H,2-5,7H2,1H3. The molecule has 13 heteroatoms. The molecule has 0 fully saturated rings. The van der Waals surface area contributed by atoms with Gasteiger partial charge in [-0.3, -0.25) is 4.79 Å². The van der Waals surface area contributed by atoms with Crippen LogP contribution in [0.4, 0.5) is 13.2 Å². The average molecular weight is 416 g/mol. The monoisotopic (exact) mass is 416 g/mol. The van der Waals surface area contributed by atoms with Crippen LogP contribution in [0.2, 0.25) is 0 Å². The number of allylic oxidation sites excluding steroid dienone is 1. The number of hydrogen-bond donors (Lipinski definition) is 0. The second-order valence-corrected chi connectivity index (χ2v) is 7.33. The first-order valence-electron chi connectivity index (χ1n) is 7.42. The number of alkyl halides is 3. The van der Waals surface area contributed by atoms with Crippen molar-refractivity contribution in [2.75, 3.05) is 13.2 Å². The Balaban J connectivity index is 2.21. The van der Waals surface area contributed by atoms with Crippen molar-refractivity contribution in [2.24, 2.45) is 5.92 Å². The highest BCUT2D eigenvalue weighted by molar-refractivity contribution is 7.87. The van der Waals surface area contributed by atoms with E-state index >= 15 is 0 Å². The fourth-order valence-corrected chi connectivity index (χ4v) is 3.18. The molecule has 1 atom stereocenters. The van der Waals surface area contributed by atoms with E-state index in [0.29, 0.717) is 0 Å². The number of rotatable bonds is 7. The Morgan fingerprint density at radius 3 is 2.73 bits per heavy atom. The van der Waals surface area contributed by atoms with Gasteiger partial charge in [-0.15, -0.1) is 4.37 Å². The minimum Gasteiger partial charge on any atom is -0.471 e. The second-order valence-electron chi connectivity index (χ2n) is 5.24. The van der Waals surface area contributed by atoms with Crippen LogP contribution >= 0.6 is 11.7 Å². The van der Waals surface area contributed by atoms with Crippen LogP contribution in [0.3, 0.4) is 0 Å². The van der Waals surface area contributed by atoms with Crippen LogP contribution in [0.25, 0.3) is 0 Å². The summed E-state index contributed by atoms with van der Waals surface area (Å²) in [5, 5.41) is 0. The summed E-state index contributed by atoms with van der Waals surface area (Å²) in [5.41, 5.74) is -5.43. The maximum atomic E-state index is 12.6. The summed E-state index contributed by atoms with van der Waals surface area (Å²) < 4.78 is 82.2. The van der Waals surface area contributed by atoms with Gasteiger partial charge in [0.1, 0.15) is 18.6 Å². The fourth-order valence-electron chi connectivity index (χ4n) is 2.26. The Kier molecular flexibility index (Phi) is 6.44. The Hall–Kier alpha value is -1.89. The first kappa shape index (κ1) is 20.4. The number of carbonyl (C=O) groups is 1. The zero-order valence-electron chi connectivity index (χ0n) is 13.5. The Morgan fingerprint density at radius 1 is 1.42 bits per heavy atom. The van der Waals surface area contributed by atoms with Crippen molar-refractivity contribution >= 4 is 27.8 Å². The summed E-state index contributed by atoms with van der Waals surface area (Å²) in [6.45, 7) is 1.49. The molecular formula is C13H15F3N2O6S2. The second kappa shape index (κ2) is 8.20. The molecule has 0 radical (unpaired) electrons. The van der Waals surface area contributed by atoms with Crippen molar-refractivity contribution in [3.05, 3.63) is 17.5 Å². The fraction of sp³-hybridized carbons (Fsp3) is 0.615.